The summed E-state index contributed by atoms with van der Waals surface area (Å²) in [6.45, 7) is 0. The summed E-state index contributed by atoms with van der Waals surface area (Å²) in [6.07, 6.45) is 0. The predicted octanol–water partition coefficient (Wildman–Crippen LogP) is 2.95. The summed E-state index contributed by atoms with van der Waals surface area (Å²) in [7, 11) is 0. The van der Waals surface area contributed by atoms with E-state index in [9.17, 15) is 0 Å². The van der Waals surface area contributed by atoms with Gasteiger partial charge in [0, 0.05) is 5.38 Å². The molecule has 0 fully saturated rings. The van der Waals surface area contributed by atoms with Gasteiger partial charge in [0.15, 0.2) is 5.58 Å². The number of para-hydroxylation sites is 2. The van der Waals surface area contributed by atoms with Gasteiger partial charge in [-0.3, -0.25) is 0 Å². The largest absolute Gasteiger partial charge is 0.435 e. The molecule has 68 valence electrons. The molecule has 0 N–H and O–H groups in total. The zero-order valence-electron chi connectivity index (χ0n) is 7.18. The third-order valence-corrected chi connectivity index (χ3v) is 2.53. The van der Waals surface area contributed by atoms with Gasteiger partial charge in [0.2, 0.25) is 5.89 Å². The van der Waals surface area contributed by atoms with E-state index in [4.69, 9.17) is 4.42 Å². The highest BCUT2D eigenvalue weighted by Gasteiger charge is 2.08. The lowest BCUT2D eigenvalue weighted by Gasteiger charge is -1.83. The maximum Gasteiger partial charge on any atom is 0.247 e. The van der Waals surface area contributed by atoms with Crippen LogP contribution in [0.2, 0.25) is 0 Å². The molecule has 0 saturated heterocycles. The van der Waals surface area contributed by atoms with Crippen molar-refractivity contribution in [2.24, 2.45) is 0 Å². The van der Waals surface area contributed by atoms with E-state index in [2.05, 4.69) is 9.97 Å². The Hall–Kier alpha value is -1.68. The number of rotatable bonds is 1. The standard InChI is InChI=1S/C10H6N2OS/c1-2-4-9-7(3-1)12-10(13-9)8-5-14-6-11-8/h1-6H. The van der Waals surface area contributed by atoms with Gasteiger partial charge in [-0.25, -0.2) is 9.97 Å². The van der Waals surface area contributed by atoms with Gasteiger partial charge in [0.25, 0.3) is 0 Å². The minimum Gasteiger partial charge on any atom is -0.435 e. The van der Waals surface area contributed by atoms with Crippen LogP contribution in [0.5, 0.6) is 0 Å². The quantitative estimate of drug-likeness (QED) is 0.609. The molecule has 0 aliphatic heterocycles. The number of nitrogens with zero attached hydrogens (tertiary/aromatic N) is 2. The zero-order chi connectivity index (χ0) is 9.38. The molecule has 0 amide bonds. The molecule has 14 heavy (non-hydrogen) atoms. The van der Waals surface area contributed by atoms with Crippen LogP contribution < -0.4 is 0 Å². The van der Waals surface area contributed by atoms with Crippen molar-refractivity contribution in [1.29, 1.82) is 0 Å². The van der Waals surface area contributed by atoms with Crippen molar-refractivity contribution in [1.82, 2.24) is 9.97 Å². The average molecular weight is 202 g/mol. The first-order valence-corrected chi connectivity index (χ1v) is 5.12. The SMILES string of the molecule is c1ccc2oc(-c3cscn3)nc2c1. The molecule has 0 atom stereocenters. The van der Waals surface area contributed by atoms with E-state index in [0.29, 0.717) is 5.89 Å². The second kappa shape index (κ2) is 2.92. The molecule has 2 heterocycles. The molecule has 2 aromatic heterocycles. The third-order valence-electron chi connectivity index (χ3n) is 1.95. The van der Waals surface area contributed by atoms with Gasteiger partial charge in [-0.1, -0.05) is 12.1 Å². The van der Waals surface area contributed by atoms with Crippen LogP contribution in [0.3, 0.4) is 0 Å². The fourth-order valence-electron chi connectivity index (χ4n) is 1.30. The van der Waals surface area contributed by atoms with Gasteiger partial charge in [-0.2, -0.15) is 0 Å². The molecule has 0 bridgehead atoms. The van der Waals surface area contributed by atoms with E-state index < -0.39 is 0 Å². The molecule has 4 heteroatoms. The van der Waals surface area contributed by atoms with Crippen LogP contribution in [0.1, 0.15) is 0 Å². The summed E-state index contributed by atoms with van der Waals surface area (Å²) in [6, 6.07) is 7.70. The maximum atomic E-state index is 5.55. The van der Waals surface area contributed by atoms with Crippen LogP contribution in [-0.4, -0.2) is 9.97 Å². The number of benzene rings is 1. The van der Waals surface area contributed by atoms with E-state index in [-0.39, 0.29) is 0 Å². The average Bonchev–Trinajstić information content (AvgIpc) is 2.86. The van der Waals surface area contributed by atoms with Gasteiger partial charge >= 0.3 is 0 Å². The smallest absolute Gasteiger partial charge is 0.247 e. The first-order valence-electron chi connectivity index (χ1n) is 4.17. The molecule has 0 saturated carbocycles. The van der Waals surface area contributed by atoms with Gasteiger partial charge in [-0.05, 0) is 12.1 Å². The van der Waals surface area contributed by atoms with Gasteiger partial charge in [0.1, 0.15) is 11.2 Å². The number of hydrogen-bond donors (Lipinski definition) is 0. The molecule has 3 rings (SSSR count). The predicted molar refractivity (Wildman–Crippen MR) is 55.1 cm³/mol. The Morgan fingerprint density at radius 2 is 2.14 bits per heavy atom. The minimum atomic E-state index is 0.590. The molecule has 0 aliphatic rings. The minimum absolute atomic E-state index is 0.590. The number of hydrogen-bond acceptors (Lipinski definition) is 4. The second-order valence-electron chi connectivity index (χ2n) is 2.86. The second-order valence-corrected chi connectivity index (χ2v) is 3.58. The Morgan fingerprint density at radius 1 is 1.21 bits per heavy atom. The highest BCUT2D eigenvalue weighted by Crippen LogP contribution is 2.23. The molecule has 0 aliphatic carbocycles. The zero-order valence-corrected chi connectivity index (χ0v) is 7.99. The summed E-state index contributed by atoms with van der Waals surface area (Å²) >= 11 is 1.53. The summed E-state index contributed by atoms with van der Waals surface area (Å²) < 4.78 is 5.55. The Labute approximate surface area is 84.0 Å². The summed E-state index contributed by atoms with van der Waals surface area (Å²) in [5.74, 6) is 0.590. The summed E-state index contributed by atoms with van der Waals surface area (Å²) in [5.41, 5.74) is 4.24. The lowest BCUT2D eigenvalue weighted by atomic mass is 10.3. The van der Waals surface area contributed by atoms with Crippen molar-refractivity contribution < 1.29 is 4.42 Å². The lowest BCUT2D eigenvalue weighted by Crippen LogP contribution is -1.73. The highest BCUT2D eigenvalue weighted by atomic mass is 32.1. The first-order chi connectivity index (χ1) is 6.93. The lowest BCUT2D eigenvalue weighted by molar-refractivity contribution is 0.617. The normalized spacial score (nSPS) is 10.9. The van der Waals surface area contributed by atoms with Crippen LogP contribution in [0.4, 0.5) is 0 Å². The topological polar surface area (TPSA) is 38.9 Å². The molecular weight excluding hydrogens is 196 g/mol. The highest BCUT2D eigenvalue weighted by molar-refractivity contribution is 7.07. The fourth-order valence-corrected chi connectivity index (χ4v) is 1.83. The molecule has 1 aromatic carbocycles. The number of oxazole rings is 1. The van der Waals surface area contributed by atoms with E-state index in [1.807, 2.05) is 29.6 Å². The fraction of sp³-hybridized carbons (Fsp3) is 0. The monoisotopic (exact) mass is 202 g/mol. The Morgan fingerprint density at radius 3 is 2.93 bits per heavy atom. The third kappa shape index (κ3) is 1.12. The van der Waals surface area contributed by atoms with Crippen LogP contribution in [0.15, 0.2) is 39.6 Å². The first kappa shape index (κ1) is 7.70. The molecule has 0 radical (unpaired) electrons. The number of thiazole rings is 1. The van der Waals surface area contributed by atoms with E-state index >= 15 is 0 Å². The van der Waals surface area contributed by atoms with Crippen molar-refractivity contribution >= 4 is 22.4 Å². The van der Waals surface area contributed by atoms with Gasteiger partial charge < -0.3 is 4.42 Å². The van der Waals surface area contributed by atoms with E-state index in [0.717, 1.165) is 16.8 Å². The Kier molecular flexibility index (Phi) is 1.61. The van der Waals surface area contributed by atoms with Crippen LogP contribution in [-0.2, 0) is 0 Å². The summed E-state index contributed by atoms with van der Waals surface area (Å²) in [4.78, 5) is 8.48. The van der Waals surface area contributed by atoms with Crippen molar-refractivity contribution in [3.8, 4) is 11.6 Å². The Bertz CT molecular complexity index is 523. The van der Waals surface area contributed by atoms with Crippen molar-refractivity contribution in [2.45, 2.75) is 0 Å². The molecular formula is C10H6N2OS. The van der Waals surface area contributed by atoms with E-state index in [1.165, 1.54) is 11.3 Å². The van der Waals surface area contributed by atoms with Crippen LogP contribution in [0, 0.1) is 0 Å². The Balaban J connectivity index is 2.24. The summed E-state index contributed by atoms with van der Waals surface area (Å²) in [5, 5.41) is 1.92. The van der Waals surface area contributed by atoms with Crippen molar-refractivity contribution in [3.63, 3.8) is 0 Å². The van der Waals surface area contributed by atoms with Crippen LogP contribution in [0.25, 0.3) is 22.7 Å². The number of fused-ring (bicyclic) bond motifs is 1. The molecule has 3 nitrogen and oxygen atoms in total. The van der Waals surface area contributed by atoms with Crippen LogP contribution >= 0.6 is 11.3 Å². The van der Waals surface area contributed by atoms with Gasteiger partial charge in [0.05, 0.1) is 5.51 Å². The maximum absolute atomic E-state index is 5.55. The molecule has 0 unspecified atom stereocenters. The molecule has 0 spiro atoms. The van der Waals surface area contributed by atoms with Gasteiger partial charge in [-0.15, -0.1) is 11.3 Å². The number of aromatic nitrogens is 2. The van der Waals surface area contributed by atoms with Crippen molar-refractivity contribution in [3.05, 3.63) is 35.2 Å². The van der Waals surface area contributed by atoms with Crippen molar-refractivity contribution in [2.75, 3.05) is 0 Å². The van der Waals surface area contributed by atoms with E-state index in [1.54, 1.807) is 5.51 Å². The molecule has 3 aromatic rings.